The molecule has 1 heterocycles. The summed E-state index contributed by atoms with van der Waals surface area (Å²) in [5.41, 5.74) is 1.11. The number of hydrogen-bond acceptors (Lipinski definition) is 4. The lowest BCUT2D eigenvalue weighted by atomic mass is 10.2. The van der Waals surface area contributed by atoms with E-state index >= 15 is 0 Å². The van der Waals surface area contributed by atoms with Crippen LogP contribution in [-0.2, 0) is 11.3 Å². The summed E-state index contributed by atoms with van der Waals surface area (Å²) in [6.45, 7) is 3.72. The maximum absolute atomic E-state index is 11.0. The number of Topliss-reactive ketones (excluding diaryl/α,β-unsaturated/α-hetero) is 1. The second kappa shape index (κ2) is 7.53. The molecule has 0 bridgehead atoms. The first-order chi connectivity index (χ1) is 8.22. The molecule has 0 aromatic carbocycles. The van der Waals surface area contributed by atoms with E-state index in [9.17, 15) is 4.79 Å². The Balaban J connectivity index is 2.51. The van der Waals surface area contributed by atoms with Gasteiger partial charge < -0.3 is 0 Å². The maximum atomic E-state index is 11.0. The third-order valence-electron chi connectivity index (χ3n) is 2.45. The molecule has 17 heavy (non-hydrogen) atoms. The average Bonchev–Trinajstić information content (AvgIpc) is 2.34. The Kier molecular flexibility index (Phi) is 5.91. The van der Waals surface area contributed by atoms with E-state index in [1.54, 1.807) is 13.1 Å². The molecule has 0 spiro atoms. The van der Waals surface area contributed by atoms with Gasteiger partial charge in [-0.05, 0) is 18.6 Å². The van der Waals surface area contributed by atoms with E-state index in [0.717, 1.165) is 12.1 Å². The number of nitrogens with zero attached hydrogens (tertiary/aromatic N) is 3. The van der Waals surface area contributed by atoms with Gasteiger partial charge >= 0.3 is 0 Å². The van der Waals surface area contributed by atoms with Crippen molar-refractivity contribution in [1.29, 1.82) is 5.26 Å². The van der Waals surface area contributed by atoms with Crippen LogP contribution in [0, 0.1) is 11.3 Å². The summed E-state index contributed by atoms with van der Waals surface area (Å²) in [6.07, 6.45) is 4.57. The van der Waals surface area contributed by atoms with Crippen molar-refractivity contribution in [3.05, 3.63) is 30.1 Å². The molecule has 4 nitrogen and oxygen atoms in total. The first kappa shape index (κ1) is 13.3. The van der Waals surface area contributed by atoms with Crippen molar-refractivity contribution in [2.45, 2.75) is 26.3 Å². The molecule has 0 fully saturated rings. The number of carbonyl (C=O) groups is 1. The SMILES string of the molecule is CC(=O)CCN(CCC#N)Cc1cccnc1. The summed E-state index contributed by atoms with van der Waals surface area (Å²) in [5, 5.41) is 8.60. The first-order valence-electron chi connectivity index (χ1n) is 5.70. The fourth-order valence-corrected chi connectivity index (χ4v) is 1.54. The Morgan fingerprint density at radius 1 is 1.53 bits per heavy atom. The van der Waals surface area contributed by atoms with E-state index in [-0.39, 0.29) is 5.78 Å². The molecule has 0 aliphatic rings. The molecular weight excluding hydrogens is 214 g/mol. The summed E-state index contributed by atoms with van der Waals surface area (Å²) < 4.78 is 0. The Labute approximate surface area is 102 Å². The second-order valence-electron chi connectivity index (χ2n) is 4.00. The van der Waals surface area contributed by atoms with Gasteiger partial charge in [-0.1, -0.05) is 6.07 Å². The lowest BCUT2D eigenvalue weighted by Crippen LogP contribution is -2.26. The van der Waals surface area contributed by atoms with Crippen LogP contribution in [0.2, 0.25) is 0 Å². The molecule has 0 aliphatic carbocycles. The van der Waals surface area contributed by atoms with Crippen LogP contribution in [0.15, 0.2) is 24.5 Å². The van der Waals surface area contributed by atoms with E-state index in [4.69, 9.17) is 5.26 Å². The predicted octanol–water partition coefficient (Wildman–Crippen LogP) is 1.78. The summed E-state index contributed by atoms with van der Waals surface area (Å²) in [4.78, 5) is 17.1. The average molecular weight is 231 g/mol. The Morgan fingerprint density at radius 3 is 2.94 bits per heavy atom. The highest BCUT2D eigenvalue weighted by Crippen LogP contribution is 2.04. The van der Waals surface area contributed by atoms with Crippen LogP contribution in [-0.4, -0.2) is 28.8 Å². The molecule has 0 atom stereocenters. The van der Waals surface area contributed by atoms with Crippen molar-refractivity contribution in [3.8, 4) is 6.07 Å². The minimum atomic E-state index is 0.179. The molecule has 0 radical (unpaired) electrons. The highest BCUT2D eigenvalue weighted by molar-refractivity contribution is 5.75. The zero-order valence-electron chi connectivity index (χ0n) is 10.1. The minimum Gasteiger partial charge on any atom is -0.300 e. The molecule has 0 aliphatic heterocycles. The summed E-state index contributed by atoms with van der Waals surface area (Å²) >= 11 is 0. The normalized spacial score (nSPS) is 10.2. The monoisotopic (exact) mass is 231 g/mol. The third-order valence-corrected chi connectivity index (χ3v) is 2.45. The molecule has 0 unspecified atom stereocenters. The van der Waals surface area contributed by atoms with Crippen LogP contribution in [0.4, 0.5) is 0 Å². The molecular formula is C13H17N3O. The summed E-state index contributed by atoms with van der Waals surface area (Å²) in [6, 6.07) is 6.02. The van der Waals surface area contributed by atoms with Crippen LogP contribution in [0.5, 0.6) is 0 Å². The van der Waals surface area contributed by atoms with E-state index in [2.05, 4.69) is 16.0 Å². The van der Waals surface area contributed by atoms with Crippen LogP contribution in [0.25, 0.3) is 0 Å². The molecule has 1 aromatic rings. The Bertz CT molecular complexity index is 383. The van der Waals surface area contributed by atoms with Gasteiger partial charge in [-0.2, -0.15) is 5.26 Å². The van der Waals surface area contributed by atoms with Gasteiger partial charge in [0.05, 0.1) is 6.07 Å². The minimum absolute atomic E-state index is 0.179. The van der Waals surface area contributed by atoms with Gasteiger partial charge in [-0.3, -0.25) is 14.7 Å². The van der Waals surface area contributed by atoms with Crippen molar-refractivity contribution in [2.24, 2.45) is 0 Å². The molecule has 0 saturated heterocycles. The number of carbonyl (C=O) groups excluding carboxylic acids is 1. The van der Waals surface area contributed by atoms with Crippen LogP contribution >= 0.6 is 0 Å². The standard InChI is InChI=1S/C13H17N3O/c1-12(17)5-9-16(8-3-6-14)11-13-4-2-7-15-10-13/h2,4,7,10H,3,5,8-9,11H2,1H3. The molecule has 0 saturated carbocycles. The van der Waals surface area contributed by atoms with E-state index in [1.165, 1.54) is 0 Å². The molecule has 0 amide bonds. The fraction of sp³-hybridized carbons (Fsp3) is 0.462. The van der Waals surface area contributed by atoms with E-state index in [0.29, 0.717) is 25.9 Å². The zero-order chi connectivity index (χ0) is 12.5. The van der Waals surface area contributed by atoms with Gasteiger partial charge in [0.1, 0.15) is 5.78 Å². The van der Waals surface area contributed by atoms with Crippen molar-refractivity contribution in [1.82, 2.24) is 9.88 Å². The van der Waals surface area contributed by atoms with Gasteiger partial charge in [0, 0.05) is 44.9 Å². The largest absolute Gasteiger partial charge is 0.300 e. The maximum Gasteiger partial charge on any atom is 0.131 e. The highest BCUT2D eigenvalue weighted by Gasteiger charge is 2.07. The Morgan fingerprint density at radius 2 is 2.35 bits per heavy atom. The molecule has 1 aromatic heterocycles. The predicted molar refractivity (Wildman–Crippen MR) is 65.0 cm³/mol. The number of pyridine rings is 1. The van der Waals surface area contributed by atoms with E-state index in [1.807, 2.05) is 18.3 Å². The Hall–Kier alpha value is -1.73. The second-order valence-corrected chi connectivity index (χ2v) is 4.00. The number of aromatic nitrogens is 1. The molecule has 4 heteroatoms. The van der Waals surface area contributed by atoms with E-state index < -0.39 is 0 Å². The van der Waals surface area contributed by atoms with Crippen molar-refractivity contribution < 1.29 is 4.79 Å². The van der Waals surface area contributed by atoms with Gasteiger partial charge in [0.2, 0.25) is 0 Å². The highest BCUT2D eigenvalue weighted by atomic mass is 16.1. The summed E-state index contributed by atoms with van der Waals surface area (Å²) in [7, 11) is 0. The van der Waals surface area contributed by atoms with Crippen LogP contribution in [0.1, 0.15) is 25.3 Å². The number of ketones is 1. The quantitative estimate of drug-likeness (QED) is 0.717. The molecule has 0 N–H and O–H groups in total. The van der Waals surface area contributed by atoms with Crippen LogP contribution < -0.4 is 0 Å². The number of hydrogen-bond donors (Lipinski definition) is 0. The number of rotatable bonds is 7. The lowest BCUT2D eigenvalue weighted by Gasteiger charge is -2.20. The molecule has 1 rings (SSSR count). The van der Waals surface area contributed by atoms with Crippen LogP contribution in [0.3, 0.4) is 0 Å². The first-order valence-corrected chi connectivity index (χ1v) is 5.70. The fourth-order valence-electron chi connectivity index (χ4n) is 1.54. The summed E-state index contributed by atoms with van der Waals surface area (Å²) in [5.74, 6) is 0.179. The van der Waals surface area contributed by atoms with Crippen molar-refractivity contribution in [3.63, 3.8) is 0 Å². The smallest absolute Gasteiger partial charge is 0.131 e. The topological polar surface area (TPSA) is 57.0 Å². The lowest BCUT2D eigenvalue weighted by molar-refractivity contribution is -0.117. The van der Waals surface area contributed by atoms with Gasteiger partial charge in [0.25, 0.3) is 0 Å². The number of nitriles is 1. The van der Waals surface area contributed by atoms with Crippen molar-refractivity contribution in [2.75, 3.05) is 13.1 Å². The zero-order valence-corrected chi connectivity index (χ0v) is 10.1. The van der Waals surface area contributed by atoms with Gasteiger partial charge in [0.15, 0.2) is 0 Å². The molecule has 90 valence electrons. The van der Waals surface area contributed by atoms with Gasteiger partial charge in [-0.25, -0.2) is 0 Å². The van der Waals surface area contributed by atoms with Gasteiger partial charge in [-0.15, -0.1) is 0 Å². The van der Waals surface area contributed by atoms with Crippen molar-refractivity contribution >= 4 is 5.78 Å². The third kappa shape index (κ3) is 5.79.